The number of morpholine rings is 1. The van der Waals surface area contributed by atoms with Gasteiger partial charge in [0, 0.05) is 18.8 Å². The van der Waals surface area contributed by atoms with Crippen molar-refractivity contribution >= 4 is 23.3 Å². The standard InChI is InChI=1S/C14H15F3N2O4/c1-22-12(20)10-3-2-9(19-4-6-23-7-5-19)8-11(10)18-13(21)14(15,16)17/h2-3,8H,4-7H2,1H3,(H,18,21). The van der Waals surface area contributed by atoms with Gasteiger partial charge in [0.15, 0.2) is 0 Å². The molecule has 0 aliphatic carbocycles. The zero-order chi connectivity index (χ0) is 17.0. The van der Waals surface area contributed by atoms with Gasteiger partial charge < -0.3 is 19.7 Å². The third kappa shape index (κ3) is 4.13. The fraction of sp³-hybridized carbons (Fsp3) is 0.429. The van der Waals surface area contributed by atoms with E-state index >= 15 is 0 Å². The smallest absolute Gasteiger partial charge is 0.465 e. The van der Waals surface area contributed by atoms with E-state index in [0.717, 1.165) is 7.11 Å². The second-order valence-electron chi connectivity index (χ2n) is 4.77. The third-order valence-electron chi connectivity index (χ3n) is 3.29. The Kier molecular flexibility index (Phi) is 5.09. The van der Waals surface area contributed by atoms with Gasteiger partial charge in [0.2, 0.25) is 0 Å². The number of amides is 1. The van der Waals surface area contributed by atoms with Crippen molar-refractivity contribution in [2.24, 2.45) is 0 Å². The summed E-state index contributed by atoms with van der Waals surface area (Å²) in [6, 6.07) is 4.23. The van der Waals surface area contributed by atoms with Gasteiger partial charge in [-0.2, -0.15) is 13.2 Å². The minimum atomic E-state index is -5.05. The van der Waals surface area contributed by atoms with E-state index in [-0.39, 0.29) is 11.3 Å². The number of carbonyl (C=O) groups excluding carboxylic acids is 2. The lowest BCUT2D eigenvalue weighted by molar-refractivity contribution is -0.167. The van der Waals surface area contributed by atoms with Crippen molar-refractivity contribution in [3.8, 4) is 0 Å². The normalized spacial score (nSPS) is 15.2. The number of nitrogens with zero attached hydrogens (tertiary/aromatic N) is 1. The fourth-order valence-electron chi connectivity index (χ4n) is 2.14. The van der Waals surface area contributed by atoms with Crippen LogP contribution in [-0.4, -0.2) is 51.5 Å². The average molecular weight is 332 g/mol. The molecule has 1 fully saturated rings. The van der Waals surface area contributed by atoms with Crippen LogP contribution in [0.3, 0.4) is 0 Å². The van der Waals surface area contributed by atoms with E-state index in [0.29, 0.717) is 32.0 Å². The summed E-state index contributed by atoms with van der Waals surface area (Å²) in [5, 5.41) is 1.72. The monoisotopic (exact) mass is 332 g/mol. The maximum atomic E-state index is 12.4. The molecule has 1 aromatic rings. The van der Waals surface area contributed by atoms with E-state index in [1.165, 1.54) is 12.1 Å². The van der Waals surface area contributed by atoms with Crippen molar-refractivity contribution in [2.75, 3.05) is 43.6 Å². The Balaban J connectivity index is 2.33. The summed E-state index contributed by atoms with van der Waals surface area (Å²) in [5.74, 6) is -2.99. The molecular weight excluding hydrogens is 317 g/mol. The molecule has 1 aromatic carbocycles. The topological polar surface area (TPSA) is 67.9 Å². The van der Waals surface area contributed by atoms with Crippen LogP contribution in [0.4, 0.5) is 24.5 Å². The minimum absolute atomic E-state index is 0.151. The van der Waals surface area contributed by atoms with Crippen LogP contribution in [0.5, 0.6) is 0 Å². The van der Waals surface area contributed by atoms with Gasteiger partial charge in [-0.3, -0.25) is 4.79 Å². The Morgan fingerprint density at radius 3 is 2.48 bits per heavy atom. The highest BCUT2D eigenvalue weighted by Crippen LogP contribution is 2.27. The molecule has 6 nitrogen and oxygen atoms in total. The number of hydrogen-bond acceptors (Lipinski definition) is 5. The number of halogens is 3. The van der Waals surface area contributed by atoms with Crippen LogP contribution in [-0.2, 0) is 14.3 Å². The molecule has 0 atom stereocenters. The average Bonchev–Trinajstić information content (AvgIpc) is 2.54. The van der Waals surface area contributed by atoms with Crippen molar-refractivity contribution in [2.45, 2.75) is 6.18 Å². The molecule has 0 radical (unpaired) electrons. The predicted molar refractivity (Wildman–Crippen MR) is 75.5 cm³/mol. The zero-order valence-electron chi connectivity index (χ0n) is 12.3. The lowest BCUT2D eigenvalue weighted by Crippen LogP contribution is -2.36. The first-order valence-corrected chi connectivity index (χ1v) is 6.76. The highest BCUT2D eigenvalue weighted by molar-refractivity contribution is 6.03. The maximum absolute atomic E-state index is 12.4. The Labute approximate surface area is 130 Å². The quantitative estimate of drug-likeness (QED) is 0.855. The van der Waals surface area contributed by atoms with Gasteiger partial charge in [-0.25, -0.2) is 4.79 Å². The Hall–Kier alpha value is -2.29. The molecule has 126 valence electrons. The van der Waals surface area contributed by atoms with E-state index in [1.807, 2.05) is 4.90 Å². The third-order valence-corrected chi connectivity index (χ3v) is 3.29. The van der Waals surface area contributed by atoms with Crippen LogP contribution >= 0.6 is 0 Å². The van der Waals surface area contributed by atoms with Gasteiger partial charge in [-0.1, -0.05) is 0 Å². The fourth-order valence-corrected chi connectivity index (χ4v) is 2.14. The number of alkyl halides is 3. The summed E-state index contributed by atoms with van der Waals surface area (Å²) in [4.78, 5) is 24.7. The molecule has 0 saturated carbocycles. The number of methoxy groups -OCH3 is 1. The molecule has 0 aromatic heterocycles. The lowest BCUT2D eigenvalue weighted by atomic mass is 10.1. The van der Waals surface area contributed by atoms with E-state index < -0.39 is 18.1 Å². The molecule has 1 aliphatic rings. The number of anilines is 2. The molecule has 1 saturated heterocycles. The van der Waals surface area contributed by atoms with Gasteiger partial charge in [-0.05, 0) is 18.2 Å². The summed E-state index contributed by atoms with van der Waals surface area (Å²) in [6.45, 7) is 2.10. The molecule has 23 heavy (non-hydrogen) atoms. The molecule has 2 rings (SSSR count). The Morgan fingerprint density at radius 2 is 1.91 bits per heavy atom. The SMILES string of the molecule is COC(=O)c1ccc(N2CCOCC2)cc1NC(=O)C(F)(F)F. The first-order valence-electron chi connectivity index (χ1n) is 6.76. The van der Waals surface area contributed by atoms with Gasteiger partial charge in [-0.15, -0.1) is 0 Å². The van der Waals surface area contributed by atoms with E-state index in [1.54, 1.807) is 11.4 Å². The van der Waals surface area contributed by atoms with Crippen LogP contribution in [0, 0.1) is 0 Å². The molecule has 1 amide bonds. The maximum Gasteiger partial charge on any atom is 0.471 e. The number of nitrogens with one attached hydrogen (secondary N) is 1. The first kappa shape index (κ1) is 17.1. The Morgan fingerprint density at radius 1 is 1.26 bits per heavy atom. The molecule has 9 heteroatoms. The van der Waals surface area contributed by atoms with E-state index in [4.69, 9.17) is 4.74 Å². The number of esters is 1. The van der Waals surface area contributed by atoms with Crippen molar-refractivity contribution in [1.82, 2.24) is 0 Å². The van der Waals surface area contributed by atoms with Gasteiger partial charge >= 0.3 is 18.1 Å². The largest absolute Gasteiger partial charge is 0.471 e. The number of hydrogen-bond donors (Lipinski definition) is 1. The zero-order valence-corrected chi connectivity index (χ0v) is 12.3. The molecule has 0 spiro atoms. The summed E-state index contributed by atoms with van der Waals surface area (Å²) >= 11 is 0. The summed E-state index contributed by atoms with van der Waals surface area (Å²) in [7, 11) is 1.10. The second-order valence-corrected chi connectivity index (χ2v) is 4.77. The van der Waals surface area contributed by atoms with E-state index in [9.17, 15) is 22.8 Å². The first-order chi connectivity index (χ1) is 10.8. The van der Waals surface area contributed by atoms with Crippen LogP contribution in [0.1, 0.15) is 10.4 Å². The van der Waals surface area contributed by atoms with Crippen molar-refractivity contribution in [3.05, 3.63) is 23.8 Å². The van der Waals surface area contributed by atoms with Gasteiger partial charge in [0.1, 0.15) is 0 Å². The minimum Gasteiger partial charge on any atom is -0.465 e. The molecule has 1 aliphatic heterocycles. The van der Waals surface area contributed by atoms with Gasteiger partial charge in [0.05, 0.1) is 31.6 Å². The van der Waals surface area contributed by atoms with Crippen molar-refractivity contribution < 1.29 is 32.2 Å². The van der Waals surface area contributed by atoms with E-state index in [2.05, 4.69) is 4.74 Å². The predicted octanol–water partition coefficient (Wildman–Crippen LogP) is 1.81. The van der Waals surface area contributed by atoms with Crippen LogP contribution in [0.25, 0.3) is 0 Å². The number of rotatable bonds is 3. The summed E-state index contributed by atoms with van der Waals surface area (Å²) < 4.78 is 47.1. The Bertz CT molecular complexity index is 598. The summed E-state index contributed by atoms with van der Waals surface area (Å²) in [6.07, 6.45) is -5.05. The molecule has 1 N–H and O–H groups in total. The van der Waals surface area contributed by atoms with Crippen LogP contribution in [0.2, 0.25) is 0 Å². The van der Waals surface area contributed by atoms with Crippen molar-refractivity contribution in [1.29, 1.82) is 0 Å². The van der Waals surface area contributed by atoms with Gasteiger partial charge in [0.25, 0.3) is 0 Å². The van der Waals surface area contributed by atoms with Crippen LogP contribution < -0.4 is 10.2 Å². The molecule has 0 bridgehead atoms. The molecular formula is C14H15F3N2O4. The second kappa shape index (κ2) is 6.86. The number of carbonyl (C=O) groups is 2. The lowest BCUT2D eigenvalue weighted by Gasteiger charge is -2.29. The molecule has 1 heterocycles. The van der Waals surface area contributed by atoms with Crippen molar-refractivity contribution in [3.63, 3.8) is 0 Å². The highest BCUT2D eigenvalue weighted by atomic mass is 19.4. The summed E-state index contributed by atoms with van der Waals surface area (Å²) in [5.41, 5.74) is 0.184. The number of benzene rings is 1. The molecule has 0 unspecified atom stereocenters. The highest BCUT2D eigenvalue weighted by Gasteiger charge is 2.39. The number of ether oxygens (including phenoxy) is 2. The van der Waals surface area contributed by atoms with Crippen LogP contribution in [0.15, 0.2) is 18.2 Å².